The molecule has 0 saturated heterocycles. The highest BCUT2D eigenvalue weighted by Gasteiger charge is 2.13. The van der Waals surface area contributed by atoms with E-state index in [1.54, 1.807) is 42.6 Å². The third-order valence-electron chi connectivity index (χ3n) is 3.35. The average Bonchev–Trinajstić information content (AvgIpc) is 2.65. The van der Waals surface area contributed by atoms with Crippen LogP contribution in [0.1, 0.15) is 26.3 Å². The van der Waals surface area contributed by atoms with Crippen LogP contribution in [0.4, 0.5) is 0 Å². The summed E-state index contributed by atoms with van der Waals surface area (Å²) in [4.78, 5) is 24.6. The average molecular weight is 434 g/mol. The molecular formula is C21H24ClN3O3S. The molecule has 2 rings (SSSR count). The number of hydrogen-bond acceptors (Lipinski definition) is 5. The molecule has 0 fully saturated rings. The molecule has 0 spiro atoms. The molecule has 0 saturated carbocycles. The van der Waals surface area contributed by atoms with Crippen LogP contribution in [0.5, 0.6) is 5.75 Å². The van der Waals surface area contributed by atoms with E-state index in [2.05, 4.69) is 15.8 Å². The minimum absolute atomic E-state index is 0.0496. The molecule has 2 aromatic carbocycles. The van der Waals surface area contributed by atoms with E-state index < -0.39 is 0 Å². The van der Waals surface area contributed by atoms with Crippen LogP contribution in [-0.2, 0) is 9.59 Å². The van der Waals surface area contributed by atoms with Crippen molar-refractivity contribution in [3.63, 3.8) is 0 Å². The summed E-state index contributed by atoms with van der Waals surface area (Å²) in [5.74, 6) is 0.450. The molecule has 6 nitrogen and oxygen atoms in total. The monoisotopic (exact) mass is 433 g/mol. The molecule has 0 unspecified atom stereocenters. The van der Waals surface area contributed by atoms with Gasteiger partial charge < -0.3 is 10.1 Å². The number of hydrazone groups is 1. The van der Waals surface area contributed by atoms with Gasteiger partial charge in [-0.1, -0.05) is 11.6 Å². The van der Waals surface area contributed by atoms with Gasteiger partial charge in [-0.15, -0.1) is 11.8 Å². The number of carbonyl (C=O) groups excluding carboxylic acids is 2. The molecular weight excluding hydrogens is 410 g/mol. The van der Waals surface area contributed by atoms with Crippen molar-refractivity contribution in [1.29, 1.82) is 0 Å². The summed E-state index contributed by atoms with van der Waals surface area (Å²) in [5, 5.41) is 7.44. The van der Waals surface area contributed by atoms with E-state index >= 15 is 0 Å². The third-order valence-corrected chi connectivity index (χ3v) is 4.61. The number of halogens is 1. The van der Waals surface area contributed by atoms with Gasteiger partial charge in [-0.3, -0.25) is 9.59 Å². The first-order valence-corrected chi connectivity index (χ1v) is 10.3. The molecule has 154 valence electrons. The predicted octanol–water partition coefficient (Wildman–Crippen LogP) is 3.88. The first-order chi connectivity index (χ1) is 13.7. The summed E-state index contributed by atoms with van der Waals surface area (Å²) in [6.07, 6.45) is 1.54. The second kappa shape index (κ2) is 10.9. The van der Waals surface area contributed by atoms with Crippen molar-refractivity contribution in [2.45, 2.75) is 31.2 Å². The SMILES string of the molecule is CC(C)(C)NC(=O)COc1ccc(/C=N\NC(=O)CSc2ccc(Cl)cc2)cc1. The number of rotatable bonds is 8. The molecule has 2 amide bonds. The van der Waals surface area contributed by atoms with Crippen molar-refractivity contribution < 1.29 is 14.3 Å². The van der Waals surface area contributed by atoms with Gasteiger partial charge in [-0.2, -0.15) is 5.10 Å². The summed E-state index contributed by atoms with van der Waals surface area (Å²) < 4.78 is 5.46. The Morgan fingerprint density at radius 2 is 1.72 bits per heavy atom. The molecule has 0 aliphatic carbocycles. The molecule has 0 bridgehead atoms. The second-order valence-corrected chi connectivity index (χ2v) is 8.68. The van der Waals surface area contributed by atoms with E-state index in [4.69, 9.17) is 16.3 Å². The quantitative estimate of drug-likeness (QED) is 0.376. The van der Waals surface area contributed by atoms with Crippen molar-refractivity contribution in [3.8, 4) is 5.75 Å². The van der Waals surface area contributed by atoms with Crippen molar-refractivity contribution in [3.05, 3.63) is 59.1 Å². The molecule has 2 N–H and O–H groups in total. The second-order valence-electron chi connectivity index (χ2n) is 7.19. The Morgan fingerprint density at radius 1 is 1.07 bits per heavy atom. The number of thioether (sulfide) groups is 1. The van der Waals surface area contributed by atoms with Crippen LogP contribution in [0, 0.1) is 0 Å². The lowest BCUT2D eigenvalue weighted by molar-refractivity contribution is -0.124. The molecule has 0 aliphatic rings. The first kappa shape index (κ1) is 22.8. The Hall–Kier alpha value is -2.51. The molecule has 8 heteroatoms. The predicted molar refractivity (Wildman–Crippen MR) is 118 cm³/mol. The maximum absolute atomic E-state index is 11.8. The van der Waals surface area contributed by atoms with Crippen LogP contribution in [0.3, 0.4) is 0 Å². The van der Waals surface area contributed by atoms with Gasteiger partial charge in [-0.05, 0) is 74.9 Å². The standard InChI is InChI=1S/C21H24ClN3O3S/c1-21(2,3)24-19(26)13-28-17-8-4-15(5-9-17)12-23-25-20(27)14-29-18-10-6-16(22)7-11-18/h4-12H,13-14H2,1-3H3,(H,24,26)(H,25,27)/b23-12-. The molecule has 0 aromatic heterocycles. The van der Waals surface area contributed by atoms with Crippen molar-refractivity contribution in [2.75, 3.05) is 12.4 Å². The summed E-state index contributed by atoms with van der Waals surface area (Å²) in [6, 6.07) is 14.3. The van der Waals surface area contributed by atoms with E-state index in [1.165, 1.54) is 11.8 Å². The van der Waals surface area contributed by atoms with Crippen LogP contribution in [0.2, 0.25) is 5.02 Å². The molecule has 0 radical (unpaired) electrons. The van der Waals surface area contributed by atoms with E-state index in [9.17, 15) is 9.59 Å². The Bertz CT molecular complexity index is 847. The molecule has 0 heterocycles. The maximum Gasteiger partial charge on any atom is 0.258 e. The number of hydrogen-bond donors (Lipinski definition) is 2. The zero-order valence-corrected chi connectivity index (χ0v) is 18.1. The lowest BCUT2D eigenvalue weighted by Gasteiger charge is -2.20. The Morgan fingerprint density at radius 3 is 2.34 bits per heavy atom. The fraction of sp³-hybridized carbons (Fsp3) is 0.286. The summed E-state index contributed by atoms with van der Waals surface area (Å²) in [6.45, 7) is 5.68. The Kier molecular flexibility index (Phi) is 8.54. The maximum atomic E-state index is 11.8. The topological polar surface area (TPSA) is 79.8 Å². The van der Waals surface area contributed by atoms with Crippen molar-refractivity contribution in [1.82, 2.24) is 10.7 Å². The first-order valence-electron chi connectivity index (χ1n) is 8.95. The zero-order valence-electron chi connectivity index (χ0n) is 16.6. The lowest BCUT2D eigenvalue weighted by atomic mass is 10.1. The van der Waals surface area contributed by atoms with Gasteiger partial charge in [-0.25, -0.2) is 5.43 Å². The van der Waals surface area contributed by atoms with E-state index in [-0.39, 0.29) is 29.7 Å². The number of benzene rings is 2. The molecule has 0 atom stereocenters. The minimum atomic E-state index is -0.293. The Labute approximate surface area is 180 Å². The van der Waals surface area contributed by atoms with Gasteiger partial charge in [0, 0.05) is 15.5 Å². The number of nitrogens with zero attached hydrogens (tertiary/aromatic N) is 1. The Balaban J connectivity index is 1.72. The lowest BCUT2D eigenvalue weighted by Crippen LogP contribution is -2.43. The normalized spacial score (nSPS) is 11.3. The third kappa shape index (κ3) is 9.49. The van der Waals surface area contributed by atoms with Crippen LogP contribution in [0.25, 0.3) is 0 Å². The summed E-state index contributed by atoms with van der Waals surface area (Å²) >= 11 is 7.23. The molecule has 2 aromatic rings. The van der Waals surface area contributed by atoms with Crippen LogP contribution in [0.15, 0.2) is 58.5 Å². The van der Waals surface area contributed by atoms with Gasteiger partial charge in [0.1, 0.15) is 5.75 Å². The summed E-state index contributed by atoms with van der Waals surface area (Å²) in [5.41, 5.74) is 2.99. The van der Waals surface area contributed by atoms with E-state index in [0.29, 0.717) is 10.8 Å². The molecule has 29 heavy (non-hydrogen) atoms. The van der Waals surface area contributed by atoms with Crippen LogP contribution < -0.4 is 15.5 Å². The number of carbonyl (C=O) groups is 2. The largest absolute Gasteiger partial charge is 0.484 e. The van der Waals surface area contributed by atoms with Gasteiger partial charge in [0.2, 0.25) is 5.91 Å². The number of amides is 2. The number of ether oxygens (including phenoxy) is 1. The fourth-order valence-electron chi connectivity index (χ4n) is 2.14. The van der Waals surface area contributed by atoms with Crippen molar-refractivity contribution in [2.24, 2.45) is 5.10 Å². The smallest absolute Gasteiger partial charge is 0.258 e. The highest BCUT2D eigenvalue weighted by molar-refractivity contribution is 8.00. The summed E-state index contributed by atoms with van der Waals surface area (Å²) in [7, 11) is 0. The highest BCUT2D eigenvalue weighted by Crippen LogP contribution is 2.19. The molecule has 0 aliphatic heterocycles. The number of nitrogens with one attached hydrogen (secondary N) is 2. The fourth-order valence-corrected chi connectivity index (χ4v) is 2.96. The van der Waals surface area contributed by atoms with E-state index in [1.807, 2.05) is 32.9 Å². The van der Waals surface area contributed by atoms with Gasteiger partial charge >= 0.3 is 0 Å². The minimum Gasteiger partial charge on any atom is -0.484 e. The van der Waals surface area contributed by atoms with Gasteiger partial charge in [0.15, 0.2) is 6.61 Å². The van der Waals surface area contributed by atoms with Crippen molar-refractivity contribution >= 4 is 41.4 Å². The van der Waals surface area contributed by atoms with E-state index in [0.717, 1.165) is 10.5 Å². The van der Waals surface area contributed by atoms with Gasteiger partial charge in [0.05, 0.1) is 12.0 Å². The van der Waals surface area contributed by atoms with Crippen LogP contribution in [-0.4, -0.2) is 35.9 Å². The van der Waals surface area contributed by atoms with Crippen LogP contribution >= 0.6 is 23.4 Å². The zero-order chi connectivity index (χ0) is 21.3. The van der Waals surface area contributed by atoms with Gasteiger partial charge in [0.25, 0.3) is 5.91 Å². The highest BCUT2D eigenvalue weighted by atomic mass is 35.5.